The van der Waals surface area contributed by atoms with Crippen LogP contribution in [0.5, 0.6) is 0 Å². The molecule has 0 radical (unpaired) electrons. The van der Waals surface area contributed by atoms with Gasteiger partial charge in [-0.1, -0.05) is 24.3 Å². The van der Waals surface area contributed by atoms with Gasteiger partial charge in [0.25, 0.3) is 0 Å². The van der Waals surface area contributed by atoms with Gasteiger partial charge in [-0.2, -0.15) is 0 Å². The van der Waals surface area contributed by atoms with Crippen molar-refractivity contribution in [3.05, 3.63) is 76.1 Å². The summed E-state index contributed by atoms with van der Waals surface area (Å²) in [5.74, 6) is -0.147. The third-order valence-corrected chi connectivity index (χ3v) is 5.07. The highest BCUT2D eigenvalue weighted by Crippen LogP contribution is 2.19. The van der Waals surface area contributed by atoms with E-state index < -0.39 is 0 Å². The molecule has 0 unspecified atom stereocenters. The number of aromatic nitrogens is 1. The quantitative estimate of drug-likeness (QED) is 0.680. The van der Waals surface area contributed by atoms with E-state index in [0.29, 0.717) is 23.5 Å². The molecule has 3 aromatic rings. The van der Waals surface area contributed by atoms with Crippen molar-refractivity contribution in [1.29, 1.82) is 0 Å². The number of para-hydroxylation sites is 1. The highest BCUT2D eigenvalue weighted by Gasteiger charge is 2.23. The molecule has 0 atom stereocenters. The van der Waals surface area contributed by atoms with E-state index in [2.05, 4.69) is 10.6 Å². The fourth-order valence-corrected chi connectivity index (χ4v) is 3.40. The number of fused-ring (bicyclic) bond motifs is 1. The van der Waals surface area contributed by atoms with Gasteiger partial charge in [-0.05, 0) is 49.6 Å². The zero-order valence-corrected chi connectivity index (χ0v) is 16.3. The SMILES string of the molecule is Cc1cc(=O)c2ccccc2n1CC(=O)Nc1ccc(CC(=O)NC2CC2)cc1. The van der Waals surface area contributed by atoms with Gasteiger partial charge < -0.3 is 15.2 Å². The third-order valence-electron chi connectivity index (χ3n) is 5.07. The summed E-state index contributed by atoms with van der Waals surface area (Å²) in [4.78, 5) is 36.6. The van der Waals surface area contributed by atoms with Gasteiger partial charge in [-0.3, -0.25) is 14.4 Å². The maximum atomic E-state index is 12.6. The number of aryl methyl sites for hydroxylation is 1. The van der Waals surface area contributed by atoms with Gasteiger partial charge in [0, 0.05) is 28.9 Å². The number of pyridine rings is 1. The minimum Gasteiger partial charge on any atom is -0.353 e. The summed E-state index contributed by atoms with van der Waals surface area (Å²) in [6.45, 7) is 1.93. The Morgan fingerprint density at radius 1 is 1.03 bits per heavy atom. The summed E-state index contributed by atoms with van der Waals surface area (Å²) in [6, 6.07) is 16.5. The second-order valence-corrected chi connectivity index (χ2v) is 7.52. The van der Waals surface area contributed by atoms with Gasteiger partial charge in [0.1, 0.15) is 6.54 Å². The molecule has 6 heteroatoms. The lowest BCUT2D eigenvalue weighted by Crippen LogP contribution is -2.26. The number of benzene rings is 2. The van der Waals surface area contributed by atoms with Gasteiger partial charge in [0.05, 0.1) is 11.9 Å². The lowest BCUT2D eigenvalue weighted by Gasteiger charge is -2.14. The van der Waals surface area contributed by atoms with Crippen LogP contribution in [0.15, 0.2) is 59.4 Å². The molecule has 0 spiro atoms. The van der Waals surface area contributed by atoms with Crippen LogP contribution in [0.3, 0.4) is 0 Å². The van der Waals surface area contributed by atoms with Crippen LogP contribution in [0.4, 0.5) is 5.69 Å². The molecule has 148 valence electrons. The minimum absolute atomic E-state index is 0.0323. The Morgan fingerprint density at radius 2 is 1.76 bits per heavy atom. The van der Waals surface area contributed by atoms with Gasteiger partial charge in [-0.25, -0.2) is 0 Å². The molecule has 1 aromatic heterocycles. The molecule has 0 aliphatic heterocycles. The lowest BCUT2D eigenvalue weighted by molar-refractivity contribution is -0.120. The van der Waals surface area contributed by atoms with Crippen LogP contribution in [-0.4, -0.2) is 22.4 Å². The Morgan fingerprint density at radius 3 is 2.48 bits per heavy atom. The molecule has 2 amide bonds. The van der Waals surface area contributed by atoms with Crippen molar-refractivity contribution >= 4 is 28.4 Å². The second kappa shape index (κ2) is 7.91. The molecule has 4 rings (SSSR count). The summed E-state index contributed by atoms with van der Waals surface area (Å²) < 4.78 is 1.84. The van der Waals surface area contributed by atoms with E-state index in [1.165, 1.54) is 0 Å². The first-order valence-electron chi connectivity index (χ1n) is 9.77. The van der Waals surface area contributed by atoms with Gasteiger partial charge in [0.2, 0.25) is 11.8 Å². The van der Waals surface area contributed by atoms with E-state index in [-0.39, 0.29) is 23.8 Å². The standard InChI is InChI=1S/C23H23N3O3/c1-15-12-21(27)19-4-2-3-5-20(19)26(15)14-23(29)25-17-8-6-16(7-9-17)13-22(28)24-18-10-11-18/h2-9,12,18H,10-11,13-14H2,1H3,(H,24,28)(H,25,29). The largest absolute Gasteiger partial charge is 0.353 e. The molecule has 1 aliphatic rings. The van der Waals surface area contributed by atoms with Crippen LogP contribution in [0, 0.1) is 6.92 Å². The Kier molecular flexibility index (Phi) is 5.16. The van der Waals surface area contributed by atoms with Crippen molar-refractivity contribution in [2.45, 2.75) is 38.8 Å². The average Bonchev–Trinajstić information content (AvgIpc) is 3.50. The number of hydrogen-bond donors (Lipinski definition) is 2. The van der Waals surface area contributed by atoms with Crippen molar-refractivity contribution in [1.82, 2.24) is 9.88 Å². The van der Waals surface area contributed by atoms with Crippen LogP contribution in [0.1, 0.15) is 24.1 Å². The van der Waals surface area contributed by atoms with Gasteiger partial charge in [-0.15, -0.1) is 0 Å². The first-order valence-corrected chi connectivity index (χ1v) is 9.77. The first-order chi connectivity index (χ1) is 14.0. The second-order valence-electron chi connectivity index (χ2n) is 7.52. The third kappa shape index (κ3) is 4.54. The van der Waals surface area contributed by atoms with Crippen molar-refractivity contribution in [3.8, 4) is 0 Å². The summed E-state index contributed by atoms with van der Waals surface area (Å²) in [6.07, 6.45) is 2.48. The first kappa shape index (κ1) is 18.9. The fourth-order valence-electron chi connectivity index (χ4n) is 3.40. The minimum atomic E-state index is -0.180. The van der Waals surface area contributed by atoms with Crippen LogP contribution < -0.4 is 16.1 Å². The Labute approximate surface area is 168 Å². The fraction of sp³-hybridized carbons (Fsp3) is 0.261. The molecule has 1 saturated carbocycles. The molecular formula is C23H23N3O3. The van der Waals surface area contributed by atoms with Gasteiger partial charge >= 0.3 is 0 Å². The average molecular weight is 389 g/mol. The number of nitrogens with zero attached hydrogens (tertiary/aromatic N) is 1. The van der Waals surface area contributed by atoms with Crippen LogP contribution in [-0.2, 0) is 22.6 Å². The topological polar surface area (TPSA) is 80.2 Å². The number of carbonyl (C=O) groups is 2. The molecule has 0 bridgehead atoms. The summed E-state index contributed by atoms with van der Waals surface area (Å²) in [5, 5.41) is 6.44. The molecule has 2 N–H and O–H groups in total. The molecular weight excluding hydrogens is 366 g/mol. The predicted molar refractivity (Wildman–Crippen MR) is 113 cm³/mol. The molecule has 1 aliphatic carbocycles. The maximum Gasteiger partial charge on any atom is 0.244 e. The zero-order valence-electron chi connectivity index (χ0n) is 16.3. The highest BCUT2D eigenvalue weighted by atomic mass is 16.2. The number of anilines is 1. The summed E-state index contributed by atoms with van der Waals surface area (Å²) >= 11 is 0. The Hall–Kier alpha value is -3.41. The number of amides is 2. The lowest BCUT2D eigenvalue weighted by atomic mass is 10.1. The highest BCUT2D eigenvalue weighted by molar-refractivity contribution is 5.92. The van der Waals surface area contributed by atoms with E-state index in [4.69, 9.17) is 0 Å². The van der Waals surface area contributed by atoms with Crippen molar-refractivity contribution in [2.75, 3.05) is 5.32 Å². The van der Waals surface area contributed by atoms with Gasteiger partial charge in [0.15, 0.2) is 5.43 Å². The van der Waals surface area contributed by atoms with Crippen molar-refractivity contribution in [3.63, 3.8) is 0 Å². The number of rotatable bonds is 6. The van der Waals surface area contributed by atoms with Crippen molar-refractivity contribution in [2.24, 2.45) is 0 Å². The zero-order chi connectivity index (χ0) is 20.4. The van der Waals surface area contributed by atoms with Crippen LogP contribution in [0.25, 0.3) is 10.9 Å². The van der Waals surface area contributed by atoms with Crippen molar-refractivity contribution < 1.29 is 9.59 Å². The van der Waals surface area contributed by atoms with E-state index in [1.54, 1.807) is 24.3 Å². The smallest absolute Gasteiger partial charge is 0.244 e. The monoisotopic (exact) mass is 389 g/mol. The normalized spacial score (nSPS) is 13.3. The molecule has 1 fully saturated rings. The molecule has 1 heterocycles. The number of hydrogen-bond acceptors (Lipinski definition) is 3. The molecule has 6 nitrogen and oxygen atoms in total. The van der Waals surface area contributed by atoms with Crippen LogP contribution in [0.2, 0.25) is 0 Å². The van der Waals surface area contributed by atoms with E-state index in [9.17, 15) is 14.4 Å². The molecule has 29 heavy (non-hydrogen) atoms. The van der Waals surface area contributed by atoms with E-state index in [1.807, 2.05) is 41.8 Å². The number of nitrogens with one attached hydrogen (secondary N) is 2. The van der Waals surface area contributed by atoms with E-state index in [0.717, 1.165) is 29.6 Å². The number of carbonyl (C=O) groups excluding carboxylic acids is 2. The maximum absolute atomic E-state index is 12.6. The summed E-state index contributed by atoms with van der Waals surface area (Å²) in [5.41, 5.74) is 3.01. The predicted octanol–water partition coefficient (Wildman–Crippen LogP) is 2.77. The van der Waals surface area contributed by atoms with E-state index >= 15 is 0 Å². The van der Waals surface area contributed by atoms with Crippen LogP contribution >= 0.6 is 0 Å². The molecule has 0 saturated heterocycles. The summed E-state index contributed by atoms with van der Waals surface area (Å²) in [7, 11) is 0. The Balaban J connectivity index is 1.43. The Bertz CT molecular complexity index is 1130. The molecule has 2 aromatic carbocycles.